The summed E-state index contributed by atoms with van der Waals surface area (Å²) in [7, 11) is 0. The van der Waals surface area contributed by atoms with Crippen molar-refractivity contribution in [1.82, 2.24) is 4.90 Å². The van der Waals surface area contributed by atoms with E-state index < -0.39 is 18.1 Å². The molecule has 1 aliphatic rings. The molecule has 0 aromatic heterocycles. The largest absolute Gasteiger partial charge is 0.480 e. The number of carboxylic acids is 1. The number of rotatable bonds is 1. The van der Waals surface area contributed by atoms with Crippen molar-refractivity contribution in [3.63, 3.8) is 0 Å². The summed E-state index contributed by atoms with van der Waals surface area (Å²) in [5.74, 6) is -0.913. The second-order valence-corrected chi connectivity index (χ2v) is 3.13. The lowest BCUT2D eigenvalue weighted by Gasteiger charge is -2.16. The van der Waals surface area contributed by atoms with E-state index in [1.165, 1.54) is 0 Å². The molecule has 0 aromatic carbocycles. The van der Waals surface area contributed by atoms with Crippen molar-refractivity contribution in [2.45, 2.75) is 19.4 Å². The molecule has 0 aromatic rings. The smallest absolute Gasteiger partial charge is 0.408 e. The van der Waals surface area contributed by atoms with Crippen molar-refractivity contribution in [1.29, 1.82) is 0 Å². The highest BCUT2D eigenvalue weighted by Gasteiger charge is 2.37. The molecule has 5 nitrogen and oxygen atoms in total. The van der Waals surface area contributed by atoms with Gasteiger partial charge in [-0.3, -0.25) is 4.90 Å². The van der Waals surface area contributed by atoms with Gasteiger partial charge in [-0.15, -0.1) is 0 Å². The summed E-state index contributed by atoms with van der Waals surface area (Å²) in [5.41, 5.74) is 0. The highest BCUT2D eigenvalue weighted by Crippen LogP contribution is 2.22. The first-order valence-corrected chi connectivity index (χ1v) is 3.74. The predicted octanol–water partition coefficient (Wildman–Crippen LogP) is 0.459. The standard InChI is InChI=1S/C7H11NO4/c1-4-2-5(6(9)10)8(3-4)7(11)12/h4-5H,2-3H2,1H3,(H,9,10)(H,11,12)/t4-,5+/m1/s1. The Balaban J connectivity index is 2.72. The van der Waals surface area contributed by atoms with Gasteiger partial charge in [0.1, 0.15) is 6.04 Å². The zero-order valence-electron chi connectivity index (χ0n) is 6.73. The van der Waals surface area contributed by atoms with E-state index in [2.05, 4.69) is 0 Å². The normalized spacial score (nSPS) is 28.9. The highest BCUT2D eigenvalue weighted by molar-refractivity contribution is 5.80. The van der Waals surface area contributed by atoms with Crippen LogP contribution in [0.5, 0.6) is 0 Å². The maximum atomic E-state index is 10.6. The van der Waals surface area contributed by atoms with E-state index >= 15 is 0 Å². The van der Waals surface area contributed by atoms with Crippen molar-refractivity contribution in [2.24, 2.45) is 5.92 Å². The fourth-order valence-electron chi connectivity index (χ4n) is 1.49. The molecule has 0 bridgehead atoms. The molecule has 5 heteroatoms. The van der Waals surface area contributed by atoms with Crippen molar-refractivity contribution in [3.05, 3.63) is 0 Å². The van der Waals surface area contributed by atoms with Crippen LogP contribution >= 0.6 is 0 Å². The van der Waals surface area contributed by atoms with Crippen molar-refractivity contribution in [2.75, 3.05) is 6.54 Å². The highest BCUT2D eigenvalue weighted by atomic mass is 16.4. The first-order chi connectivity index (χ1) is 5.52. The summed E-state index contributed by atoms with van der Waals surface area (Å²) in [6, 6.07) is -0.850. The second-order valence-electron chi connectivity index (χ2n) is 3.13. The Hall–Kier alpha value is -1.26. The molecule has 1 fully saturated rings. The number of nitrogens with zero attached hydrogens (tertiary/aromatic N) is 1. The Labute approximate surface area is 69.6 Å². The molecule has 0 radical (unpaired) electrons. The molecule has 1 saturated heterocycles. The van der Waals surface area contributed by atoms with Gasteiger partial charge in [0.25, 0.3) is 0 Å². The van der Waals surface area contributed by atoms with Crippen LogP contribution in [-0.4, -0.2) is 39.8 Å². The minimum Gasteiger partial charge on any atom is -0.480 e. The van der Waals surface area contributed by atoms with Crippen LogP contribution in [0.1, 0.15) is 13.3 Å². The zero-order chi connectivity index (χ0) is 9.30. The van der Waals surface area contributed by atoms with Gasteiger partial charge in [0.05, 0.1) is 0 Å². The summed E-state index contributed by atoms with van der Waals surface area (Å²) in [6.07, 6.45) is -0.728. The lowest BCUT2D eigenvalue weighted by molar-refractivity contribution is -0.141. The molecule has 68 valence electrons. The topological polar surface area (TPSA) is 77.8 Å². The van der Waals surface area contributed by atoms with Gasteiger partial charge in [0.15, 0.2) is 0 Å². The first-order valence-electron chi connectivity index (χ1n) is 3.74. The summed E-state index contributed by atoms with van der Waals surface area (Å²) in [6.45, 7) is 2.17. The second kappa shape index (κ2) is 3.00. The number of amides is 1. The van der Waals surface area contributed by atoms with Crippen molar-refractivity contribution < 1.29 is 19.8 Å². The molecule has 2 atom stereocenters. The van der Waals surface area contributed by atoms with Crippen LogP contribution < -0.4 is 0 Å². The van der Waals surface area contributed by atoms with E-state index in [4.69, 9.17) is 10.2 Å². The summed E-state index contributed by atoms with van der Waals surface area (Å²) in [5, 5.41) is 17.3. The molecule has 12 heavy (non-hydrogen) atoms. The fraction of sp³-hybridized carbons (Fsp3) is 0.714. The molecule has 2 N–H and O–H groups in total. The van der Waals surface area contributed by atoms with Gasteiger partial charge in [0.2, 0.25) is 0 Å². The van der Waals surface area contributed by atoms with E-state index in [9.17, 15) is 9.59 Å². The van der Waals surface area contributed by atoms with Crippen molar-refractivity contribution >= 4 is 12.1 Å². The van der Waals surface area contributed by atoms with Crippen LogP contribution in [-0.2, 0) is 4.79 Å². The van der Waals surface area contributed by atoms with E-state index in [0.29, 0.717) is 13.0 Å². The lowest BCUT2D eigenvalue weighted by Crippen LogP contribution is -2.39. The Morgan fingerprint density at radius 1 is 1.42 bits per heavy atom. The number of carbonyl (C=O) groups is 2. The molecule has 1 rings (SSSR count). The molecule has 1 amide bonds. The van der Waals surface area contributed by atoms with Gasteiger partial charge in [-0.1, -0.05) is 6.92 Å². The number of hydrogen-bond acceptors (Lipinski definition) is 2. The molecular formula is C7H11NO4. The fourth-order valence-corrected chi connectivity index (χ4v) is 1.49. The van der Waals surface area contributed by atoms with Crippen LogP contribution in [0.3, 0.4) is 0 Å². The molecule has 0 saturated carbocycles. The maximum Gasteiger partial charge on any atom is 0.408 e. The Kier molecular flexibility index (Phi) is 2.21. The summed E-state index contributed by atoms with van der Waals surface area (Å²) in [4.78, 5) is 22.1. The average Bonchev–Trinajstić information content (AvgIpc) is 2.31. The van der Waals surface area contributed by atoms with Gasteiger partial charge in [-0.25, -0.2) is 9.59 Å². The third kappa shape index (κ3) is 1.49. The third-order valence-electron chi connectivity index (χ3n) is 2.04. The van der Waals surface area contributed by atoms with Gasteiger partial charge >= 0.3 is 12.1 Å². The van der Waals surface area contributed by atoms with Gasteiger partial charge in [-0.2, -0.15) is 0 Å². The van der Waals surface area contributed by atoms with E-state index in [1.807, 2.05) is 6.92 Å². The minimum atomic E-state index is -1.15. The summed E-state index contributed by atoms with van der Waals surface area (Å²) >= 11 is 0. The lowest BCUT2D eigenvalue weighted by atomic mass is 10.1. The van der Waals surface area contributed by atoms with E-state index in [-0.39, 0.29) is 5.92 Å². The maximum absolute atomic E-state index is 10.6. The summed E-state index contributed by atoms with van der Waals surface area (Å²) < 4.78 is 0. The van der Waals surface area contributed by atoms with Crippen LogP contribution in [0.2, 0.25) is 0 Å². The van der Waals surface area contributed by atoms with Crippen LogP contribution in [0, 0.1) is 5.92 Å². The number of likely N-dealkylation sites (tertiary alicyclic amines) is 1. The third-order valence-corrected chi connectivity index (χ3v) is 2.04. The van der Waals surface area contributed by atoms with E-state index in [0.717, 1.165) is 4.90 Å². The van der Waals surface area contributed by atoms with Gasteiger partial charge in [-0.05, 0) is 12.3 Å². The number of aliphatic carboxylic acids is 1. The zero-order valence-corrected chi connectivity index (χ0v) is 6.73. The molecule has 1 aliphatic heterocycles. The van der Waals surface area contributed by atoms with Gasteiger partial charge < -0.3 is 10.2 Å². The van der Waals surface area contributed by atoms with Gasteiger partial charge in [0, 0.05) is 6.54 Å². The molecule has 0 spiro atoms. The monoisotopic (exact) mass is 173 g/mol. The molecule has 1 heterocycles. The Morgan fingerprint density at radius 2 is 2.00 bits per heavy atom. The molecule has 0 unspecified atom stereocenters. The SMILES string of the molecule is C[C@@H]1C[C@@H](C(=O)O)N(C(=O)O)C1. The van der Waals surface area contributed by atoms with Crippen molar-refractivity contribution in [3.8, 4) is 0 Å². The molecule has 0 aliphatic carbocycles. The Bertz CT molecular complexity index is 193. The van der Waals surface area contributed by atoms with Crippen LogP contribution in [0.25, 0.3) is 0 Å². The molecular weight excluding hydrogens is 162 g/mol. The average molecular weight is 173 g/mol. The van der Waals surface area contributed by atoms with Crippen LogP contribution in [0.15, 0.2) is 0 Å². The number of hydrogen-bond donors (Lipinski definition) is 2. The Morgan fingerprint density at radius 3 is 2.33 bits per heavy atom. The predicted molar refractivity (Wildman–Crippen MR) is 39.9 cm³/mol. The van der Waals surface area contributed by atoms with E-state index in [1.54, 1.807) is 0 Å². The quantitative estimate of drug-likeness (QED) is 0.603. The van der Waals surface area contributed by atoms with Crippen LogP contribution in [0.4, 0.5) is 4.79 Å². The minimum absolute atomic E-state index is 0.141. The first kappa shape index (κ1) is 8.83. The number of carboxylic acid groups (broad SMARTS) is 2.